The van der Waals surface area contributed by atoms with E-state index in [1.54, 1.807) is 25.1 Å². The Morgan fingerprint density at radius 2 is 1.71 bits per heavy atom. The summed E-state index contributed by atoms with van der Waals surface area (Å²) >= 11 is 4.29. The van der Waals surface area contributed by atoms with Gasteiger partial charge in [0.1, 0.15) is 17.2 Å². The van der Waals surface area contributed by atoms with E-state index in [4.69, 9.17) is 13.5 Å². The fraction of sp³-hybridized carbons (Fsp3) is 0.125. The van der Waals surface area contributed by atoms with Crippen LogP contribution in [0.3, 0.4) is 0 Å². The van der Waals surface area contributed by atoms with Gasteiger partial charge in [-0.25, -0.2) is 13.1 Å². The maximum absolute atomic E-state index is 12.9. The largest absolute Gasteiger partial charge is 2.00 e. The minimum atomic E-state index is -4.12. The van der Waals surface area contributed by atoms with E-state index in [1.165, 1.54) is 49.4 Å². The van der Waals surface area contributed by atoms with Crippen LogP contribution in [0.25, 0.3) is 5.69 Å². The number of anilines is 1. The van der Waals surface area contributed by atoms with Crippen molar-refractivity contribution < 1.29 is 82.6 Å². The van der Waals surface area contributed by atoms with Gasteiger partial charge in [-0.2, -0.15) is 14.4 Å². The molecule has 0 bridgehead atoms. The first-order chi connectivity index (χ1) is 18.9. The van der Waals surface area contributed by atoms with Crippen molar-refractivity contribution in [3.8, 4) is 28.8 Å². The molecule has 0 saturated carbocycles. The third-order valence-corrected chi connectivity index (χ3v) is 7.17. The Morgan fingerprint density at radius 3 is 2.33 bits per heavy atom. The number of aryl methyl sites for hydroxylation is 1. The summed E-state index contributed by atoms with van der Waals surface area (Å²) in [5, 5.41) is 37.4. The smallest absolute Gasteiger partial charge is 0.871 e. The predicted octanol–water partition coefficient (Wildman–Crippen LogP) is 0.457. The van der Waals surface area contributed by atoms with E-state index in [0.29, 0.717) is 18.0 Å². The first-order valence-corrected chi connectivity index (χ1v) is 15.2. The van der Waals surface area contributed by atoms with Crippen molar-refractivity contribution in [1.29, 1.82) is 0 Å². The molecule has 0 aliphatic heterocycles. The Hall–Kier alpha value is -2.74. The predicted molar refractivity (Wildman–Crippen MR) is 145 cm³/mol. The zero-order valence-corrected chi connectivity index (χ0v) is 27.7. The molecule has 0 saturated heterocycles. The van der Waals surface area contributed by atoms with Gasteiger partial charge in [-0.3, -0.25) is 9.27 Å². The SMILES string of the molecule is CCOc1ccccc1NS(=O)(=O)c1ccc(N=Nc2c(C)nn(-c3ccc(OS(=O)(O)=S)cc3)c2[O-])c([O-])c1.[Co+2].[Na+]. The zero-order valence-electron chi connectivity index (χ0n) is 22.2. The molecule has 0 aliphatic carbocycles. The Labute approximate surface area is 279 Å². The van der Waals surface area contributed by atoms with Crippen LogP contribution in [0, 0.1) is 6.92 Å². The second-order valence-corrected chi connectivity index (χ2v) is 12.0. The maximum atomic E-state index is 12.9. The zero-order chi connectivity index (χ0) is 29.1. The summed E-state index contributed by atoms with van der Waals surface area (Å²) in [7, 11) is -8.00. The number of ether oxygens (including phenoxy) is 1. The second kappa shape index (κ2) is 14.6. The average molecular weight is 686 g/mol. The first-order valence-electron chi connectivity index (χ1n) is 11.4. The molecule has 0 fully saturated rings. The fourth-order valence-electron chi connectivity index (χ4n) is 3.44. The van der Waals surface area contributed by atoms with Crippen LogP contribution in [0.4, 0.5) is 17.1 Å². The fourth-order valence-corrected chi connectivity index (χ4v) is 5.11. The van der Waals surface area contributed by atoms with E-state index in [0.717, 1.165) is 10.7 Å². The normalized spacial score (nSPS) is 12.5. The number of azo groups is 1. The number of nitrogens with zero attached hydrogens (tertiary/aromatic N) is 4. The number of nitrogens with one attached hydrogen (secondary N) is 1. The second-order valence-electron chi connectivity index (χ2n) is 8.02. The topological polar surface area (TPSA) is 191 Å². The molecule has 13 nitrogen and oxygen atoms in total. The molecular weight excluding hydrogens is 664 g/mol. The number of hydrogen-bond acceptors (Lipinski definition) is 11. The van der Waals surface area contributed by atoms with Gasteiger partial charge in [0.05, 0.1) is 45.4 Å². The number of rotatable bonds is 10. The monoisotopic (exact) mass is 685 g/mol. The first kappa shape index (κ1) is 35.5. The Kier molecular flexibility index (Phi) is 12.3. The van der Waals surface area contributed by atoms with Gasteiger partial charge >= 0.3 is 55.4 Å². The molecule has 1 atom stereocenters. The van der Waals surface area contributed by atoms with Gasteiger partial charge in [0.2, 0.25) is 0 Å². The Balaban J connectivity index is 0.00000308. The van der Waals surface area contributed by atoms with Gasteiger partial charge in [-0.1, -0.05) is 17.9 Å². The summed E-state index contributed by atoms with van der Waals surface area (Å²) in [6.07, 6.45) is 0. The molecule has 217 valence electrons. The Morgan fingerprint density at radius 1 is 1.05 bits per heavy atom. The van der Waals surface area contributed by atoms with Gasteiger partial charge in [0.15, 0.2) is 0 Å². The number of benzene rings is 3. The van der Waals surface area contributed by atoms with E-state index >= 15 is 0 Å². The van der Waals surface area contributed by atoms with Crippen LogP contribution in [-0.4, -0.2) is 33.6 Å². The molecule has 18 heteroatoms. The number of para-hydroxylation sites is 2. The van der Waals surface area contributed by atoms with Gasteiger partial charge < -0.3 is 19.1 Å². The number of sulfonamides is 1. The van der Waals surface area contributed by atoms with Crippen LogP contribution >= 0.6 is 0 Å². The van der Waals surface area contributed by atoms with Gasteiger partial charge in [0.25, 0.3) is 10.0 Å². The summed E-state index contributed by atoms with van der Waals surface area (Å²) < 4.78 is 59.6. The van der Waals surface area contributed by atoms with Crippen molar-refractivity contribution >= 4 is 47.3 Å². The molecule has 0 amide bonds. The van der Waals surface area contributed by atoms with E-state index < -0.39 is 30.7 Å². The summed E-state index contributed by atoms with van der Waals surface area (Å²) in [6.45, 7) is 3.61. The number of hydrogen-bond donors (Lipinski definition) is 2. The molecular formula is C24H21CoN5NaO8S3+. The summed E-state index contributed by atoms with van der Waals surface area (Å²) in [5.41, 5.74) is 0.384. The molecule has 4 rings (SSSR count). The van der Waals surface area contributed by atoms with Crippen LogP contribution in [0.1, 0.15) is 12.6 Å². The van der Waals surface area contributed by atoms with E-state index in [1.807, 2.05) is 0 Å². The van der Waals surface area contributed by atoms with Crippen LogP contribution in [0.2, 0.25) is 0 Å². The van der Waals surface area contributed by atoms with Gasteiger partial charge in [0, 0.05) is 5.88 Å². The summed E-state index contributed by atoms with van der Waals surface area (Å²) in [5.74, 6) is -1.03. The van der Waals surface area contributed by atoms with Crippen LogP contribution in [-0.2, 0) is 47.0 Å². The third-order valence-electron chi connectivity index (χ3n) is 5.20. The molecule has 3 aromatic carbocycles. The van der Waals surface area contributed by atoms with Crippen molar-refractivity contribution in [2.75, 3.05) is 11.3 Å². The molecule has 0 aliphatic rings. The summed E-state index contributed by atoms with van der Waals surface area (Å²) in [4.78, 5) is -0.295. The van der Waals surface area contributed by atoms with E-state index in [9.17, 15) is 22.8 Å². The van der Waals surface area contributed by atoms with E-state index in [-0.39, 0.29) is 79.7 Å². The molecule has 0 spiro atoms. The molecule has 42 heavy (non-hydrogen) atoms. The number of aromatic nitrogens is 2. The van der Waals surface area contributed by atoms with Crippen molar-refractivity contribution in [3.63, 3.8) is 0 Å². The Bertz CT molecular complexity index is 1800. The van der Waals surface area contributed by atoms with Crippen molar-refractivity contribution in [2.24, 2.45) is 10.2 Å². The average Bonchev–Trinajstić information content (AvgIpc) is 3.17. The molecule has 1 aromatic heterocycles. The molecule has 4 aromatic rings. The third kappa shape index (κ3) is 8.65. The standard InChI is InChI=1S/C24H23N5O8S3.Co.Na/c1-3-36-22-7-5-4-6-20(22)28-39(32,33)18-12-13-19(21(30)14-18)25-26-23-15(2)27-29(24(23)31)16-8-10-17(11-9-16)37-40(34,35)38;;/h4-14,28,30-31H,3H2,1-2H3,(H,34,35,38);;/q;+2;+1/p-2. The minimum absolute atomic E-state index is 0. The van der Waals surface area contributed by atoms with Crippen molar-refractivity contribution in [1.82, 2.24) is 9.78 Å². The molecule has 1 radical (unpaired) electrons. The quantitative estimate of drug-likeness (QED) is 0.175. The van der Waals surface area contributed by atoms with Crippen LogP contribution in [0.5, 0.6) is 23.1 Å². The molecule has 2 N–H and O–H groups in total. The molecule has 1 heterocycles. The maximum Gasteiger partial charge on any atom is 2.00 e. The minimum Gasteiger partial charge on any atom is -0.871 e. The van der Waals surface area contributed by atoms with Gasteiger partial charge in [-0.15, -0.1) is 5.11 Å². The van der Waals surface area contributed by atoms with Crippen LogP contribution < -0.4 is 53.4 Å². The molecule has 1 unspecified atom stereocenters. The van der Waals surface area contributed by atoms with Crippen molar-refractivity contribution in [2.45, 2.75) is 18.7 Å². The van der Waals surface area contributed by atoms with Crippen LogP contribution in [0.15, 0.2) is 81.9 Å². The van der Waals surface area contributed by atoms with Crippen molar-refractivity contribution in [3.05, 3.63) is 72.4 Å². The van der Waals surface area contributed by atoms with E-state index in [2.05, 4.69) is 31.2 Å². The van der Waals surface area contributed by atoms with Gasteiger partial charge in [-0.05, 0) is 68.4 Å². The summed E-state index contributed by atoms with van der Waals surface area (Å²) in [6, 6.07) is 15.2.